The quantitative estimate of drug-likeness (QED) is 0.697. The molecule has 0 radical (unpaired) electrons. The summed E-state index contributed by atoms with van der Waals surface area (Å²) in [7, 11) is 1.61. The normalized spacial score (nSPS) is 9.88. The van der Waals surface area contributed by atoms with E-state index < -0.39 is 0 Å². The van der Waals surface area contributed by atoms with Crippen molar-refractivity contribution in [2.45, 2.75) is 0 Å². The molecule has 0 aliphatic carbocycles. The first-order valence-corrected chi connectivity index (χ1v) is 5.13. The Morgan fingerprint density at radius 1 is 1.35 bits per heavy atom. The van der Waals surface area contributed by atoms with Gasteiger partial charge in [0.15, 0.2) is 0 Å². The molecule has 0 aliphatic heterocycles. The van der Waals surface area contributed by atoms with Crippen LogP contribution in [-0.2, 0) is 9.47 Å². The maximum absolute atomic E-state index is 8.76. The fraction of sp³-hybridized carbons (Fsp3) is 0.455. The zero-order valence-electron chi connectivity index (χ0n) is 9.68. The summed E-state index contributed by atoms with van der Waals surface area (Å²) in [5.41, 5.74) is 6.30. The fourth-order valence-corrected chi connectivity index (χ4v) is 1.11. The molecule has 17 heavy (non-hydrogen) atoms. The molecule has 1 rings (SSSR count). The van der Waals surface area contributed by atoms with Gasteiger partial charge < -0.3 is 19.9 Å². The Balaban J connectivity index is 2.35. The molecule has 92 valence electrons. The lowest BCUT2D eigenvalue weighted by Crippen LogP contribution is -2.11. The van der Waals surface area contributed by atoms with Crippen molar-refractivity contribution in [3.05, 3.63) is 17.8 Å². The molecule has 1 heterocycles. The molecule has 0 fully saturated rings. The van der Waals surface area contributed by atoms with Crippen LogP contribution in [0.2, 0.25) is 0 Å². The predicted molar refractivity (Wildman–Crippen MR) is 61.6 cm³/mol. The van der Waals surface area contributed by atoms with E-state index in [1.165, 1.54) is 12.3 Å². The number of rotatable bonds is 7. The van der Waals surface area contributed by atoms with Crippen molar-refractivity contribution in [1.82, 2.24) is 4.98 Å². The zero-order valence-corrected chi connectivity index (χ0v) is 9.68. The van der Waals surface area contributed by atoms with Crippen molar-refractivity contribution in [3.8, 4) is 11.9 Å². The lowest BCUT2D eigenvalue weighted by atomic mass is 10.2. The first-order chi connectivity index (χ1) is 8.29. The van der Waals surface area contributed by atoms with Crippen LogP contribution < -0.4 is 10.5 Å². The standard InChI is InChI=1S/C11H15N3O3/c1-15-4-5-16-6-7-17-11-10(13)9(8-12)2-3-14-11/h2-3H,4-7,13H2,1H3. The van der Waals surface area contributed by atoms with Crippen molar-refractivity contribution >= 4 is 5.69 Å². The van der Waals surface area contributed by atoms with Crippen molar-refractivity contribution in [1.29, 1.82) is 5.26 Å². The van der Waals surface area contributed by atoms with E-state index in [0.29, 0.717) is 32.0 Å². The number of nitrogens with zero attached hydrogens (tertiary/aromatic N) is 2. The van der Waals surface area contributed by atoms with Gasteiger partial charge in [0, 0.05) is 13.3 Å². The Kier molecular flexibility index (Phi) is 5.79. The van der Waals surface area contributed by atoms with Gasteiger partial charge >= 0.3 is 0 Å². The highest BCUT2D eigenvalue weighted by molar-refractivity contribution is 5.59. The second kappa shape index (κ2) is 7.44. The summed E-state index contributed by atoms with van der Waals surface area (Å²) in [5, 5.41) is 8.76. The van der Waals surface area contributed by atoms with Crippen LogP contribution in [-0.4, -0.2) is 38.5 Å². The Labute approximate surface area is 99.9 Å². The van der Waals surface area contributed by atoms with Gasteiger partial charge in [0.25, 0.3) is 0 Å². The summed E-state index contributed by atoms with van der Waals surface area (Å²) >= 11 is 0. The van der Waals surface area contributed by atoms with Gasteiger partial charge in [-0.1, -0.05) is 0 Å². The number of aromatic nitrogens is 1. The second-order valence-corrected chi connectivity index (χ2v) is 3.14. The number of ether oxygens (including phenoxy) is 3. The second-order valence-electron chi connectivity index (χ2n) is 3.14. The van der Waals surface area contributed by atoms with Crippen LogP contribution in [0.5, 0.6) is 5.88 Å². The minimum Gasteiger partial charge on any atom is -0.474 e. The smallest absolute Gasteiger partial charge is 0.238 e. The zero-order chi connectivity index (χ0) is 12.5. The van der Waals surface area contributed by atoms with Gasteiger partial charge in [-0.3, -0.25) is 0 Å². The largest absolute Gasteiger partial charge is 0.474 e. The number of anilines is 1. The molecule has 0 spiro atoms. The van der Waals surface area contributed by atoms with Crippen LogP contribution in [0, 0.1) is 11.3 Å². The maximum atomic E-state index is 8.76. The van der Waals surface area contributed by atoms with Crippen LogP contribution in [0.3, 0.4) is 0 Å². The number of nitrogens with two attached hydrogens (primary N) is 1. The van der Waals surface area contributed by atoms with E-state index >= 15 is 0 Å². The molecule has 6 nitrogen and oxygen atoms in total. The molecular weight excluding hydrogens is 222 g/mol. The summed E-state index contributed by atoms with van der Waals surface area (Å²) in [6.07, 6.45) is 1.48. The number of nitriles is 1. The Morgan fingerprint density at radius 2 is 2.12 bits per heavy atom. The van der Waals surface area contributed by atoms with E-state index in [-0.39, 0.29) is 11.6 Å². The molecular formula is C11H15N3O3. The maximum Gasteiger partial charge on any atom is 0.238 e. The number of methoxy groups -OCH3 is 1. The SMILES string of the molecule is COCCOCCOc1nccc(C#N)c1N. The molecule has 6 heteroatoms. The molecule has 0 aromatic carbocycles. The lowest BCUT2D eigenvalue weighted by Gasteiger charge is -2.08. The van der Waals surface area contributed by atoms with E-state index in [1.807, 2.05) is 6.07 Å². The number of hydrogen-bond donors (Lipinski definition) is 1. The predicted octanol–water partition coefficient (Wildman–Crippen LogP) is 0.577. The Morgan fingerprint density at radius 3 is 2.82 bits per heavy atom. The highest BCUT2D eigenvalue weighted by atomic mass is 16.5. The highest BCUT2D eigenvalue weighted by Gasteiger charge is 2.06. The van der Waals surface area contributed by atoms with Crippen molar-refractivity contribution in [3.63, 3.8) is 0 Å². The monoisotopic (exact) mass is 237 g/mol. The Bertz CT molecular complexity index is 390. The highest BCUT2D eigenvalue weighted by Crippen LogP contribution is 2.20. The average Bonchev–Trinajstić information content (AvgIpc) is 2.35. The van der Waals surface area contributed by atoms with E-state index in [0.717, 1.165) is 0 Å². The average molecular weight is 237 g/mol. The number of hydrogen-bond acceptors (Lipinski definition) is 6. The summed E-state index contributed by atoms with van der Waals surface area (Å²) in [5.74, 6) is 0.263. The summed E-state index contributed by atoms with van der Waals surface area (Å²) in [6, 6.07) is 3.50. The van der Waals surface area contributed by atoms with Crippen molar-refractivity contribution in [2.75, 3.05) is 39.3 Å². The van der Waals surface area contributed by atoms with Crippen LogP contribution in [0.4, 0.5) is 5.69 Å². The third-order valence-corrected chi connectivity index (χ3v) is 1.97. The first kappa shape index (κ1) is 13.2. The van der Waals surface area contributed by atoms with Gasteiger partial charge in [-0.15, -0.1) is 0 Å². The summed E-state index contributed by atoms with van der Waals surface area (Å²) in [6.45, 7) is 1.81. The molecule has 0 bridgehead atoms. The molecule has 0 atom stereocenters. The van der Waals surface area contributed by atoms with Crippen LogP contribution >= 0.6 is 0 Å². The molecule has 0 saturated carbocycles. The fourth-order valence-electron chi connectivity index (χ4n) is 1.11. The minimum atomic E-state index is 0.256. The van der Waals surface area contributed by atoms with Gasteiger partial charge in [-0.25, -0.2) is 4.98 Å². The molecule has 1 aromatic rings. The van der Waals surface area contributed by atoms with E-state index in [4.69, 9.17) is 25.2 Å². The van der Waals surface area contributed by atoms with Gasteiger partial charge in [-0.2, -0.15) is 5.26 Å². The molecule has 0 aliphatic rings. The summed E-state index contributed by atoms with van der Waals surface area (Å²) < 4.78 is 15.3. The molecule has 0 saturated heterocycles. The summed E-state index contributed by atoms with van der Waals surface area (Å²) in [4.78, 5) is 3.94. The number of pyridine rings is 1. The van der Waals surface area contributed by atoms with Crippen LogP contribution in [0.25, 0.3) is 0 Å². The third kappa shape index (κ3) is 4.26. The lowest BCUT2D eigenvalue weighted by molar-refractivity contribution is 0.0538. The van der Waals surface area contributed by atoms with Crippen molar-refractivity contribution in [2.24, 2.45) is 0 Å². The van der Waals surface area contributed by atoms with Gasteiger partial charge in [0.1, 0.15) is 18.4 Å². The molecule has 2 N–H and O–H groups in total. The Hall–Kier alpha value is -1.84. The van der Waals surface area contributed by atoms with Crippen LogP contribution in [0.15, 0.2) is 12.3 Å². The molecule has 0 unspecified atom stereocenters. The number of nitrogen functional groups attached to an aromatic ring is 1. The van der Waals surface area contributed by atoms with E-state index in [1.54, 1.807) is 7.11 Å². The minimum absolute atomic E-state index is 0.256. The third-order valence-electron chi connectivity index (χ3n) is 1.97. The van der Waals surface area contributed by atoms with Gasteiger partial charge in [0.05, 0.1) is 25.4 Å². The molecule has 0 amide bonds. The van der Waals surface area contributed by atoms with E-state index in [2.05, 4.69) is 4.98 Å². The van der Waals surface area contributed by atoms with Gasteiger partial charge in [-0.05, 0) is 6.07 Å². The topological polar surface area (TPSA) is 90.4 Å². The van der Waals surface area contributed by atoms with Gasteiger partial charge in [0.2, 0.25) is 5.88 Å². The van der Waals surface area contributed by atoms with E-state index in [9.17, 15) is 0 Å². The molecule has 1 aromatic heterocycles. The first-order valence-electron chi connectivity index (χ1n) is 5.13. The van der Waals surface area contributed by atoms with Crippen molar-refractivity contribution < 1.29 is 14.2 Å². The van der Waals surface area contributed by atoms with Crippen LogP contribution in [0.1, 0.15) is 5.56 Å².